The Hall–Kier alpha value is -2.19. The van der Waals surface area contributed by atoms with Crippen molar-refractivity contribution in [3.8, 4) is 5.75 Å². The molecule has 1 aliphatic heterocycles. The van der Waals surface area contributed by atoms with Gasteiger partial charge in [-0.2, -0.15) is 0 Å². The highest BCUT2D eigenvalue weighted by molar-refractivity contribution is 7.16. The molecule has 8 heteroatoms. The van der Waals surface area contributed by atoms with Crippen molar-refractivity contribution in [2.75, 3.05) is 26.2 Å². The first-order valence-electron chi connectivity index (χ1n) is 10.1. The summed E-state index contributed by atoms with van der Waals surface area (Å²) in [7, 11) is 0. The number of halogens is 1. The molecule has 1 saturated heterocycles. The summed E-state index contributed by atoms with van der Waals surface area (Å²) in [5.41, 5.74) is 1.80. The molecule has 31 heavy (non-hydrogen) atoms. The zero-order valence-corrected chi connectivity index (χ0v) is 19.7. The highest BCUT2D eigenvalue weighted by atomic mass is 35.5. The van der Waals surface area contributed by atoms with Crippen molar-refractivity contribution in [2.45, 2.75) is 20.1 Å². The van der Waals surface area contributed by atoms with E-state index in [9.17, 15) is 4.79 Å². The van der Waals surface area contributed by atoms with Crippen LogP contribution in [0.2, 0.25) is 4.34 Å². The van der Waals surface area contributed by atoms with Gasteiger partial charge in [0.05, 0.1) is 15.0 Å². The van der Waals surface area contributed by atoms with Gasteiger partial charge in [0.25, 0.3) is 0 Å². The van der Waals surface area contributed by atoms with Gasteiger partial charge in [0.15, 0.2) is 0 Å². The molecule has 0 aliphatic carbocycles. The van der Waals surface area contributed by atoms with Gasteiger partial charge in [0, 0.05) is 54.6 Å². The molecule has 1 fully saturated rings. The molecule has 162 valence electrons. The van der Waals surface area contributed by atoms with E-state index in [1.165, 1.54) is 4.88 Å². The van der Waals surface area contributed by atoms with E-state index in [1.807, 2.05) is 53.6 Å². The molecule has 1 aromatic carbocycles. The predicted octanol–water partition coefficient (Wildman–Crippen LogP) is 5.10. The number of hydrogen-bond acceptors (Lipinski definition) is 6. The van der Waals surface area contributed by atoms with Crippen molar-refractivity contribution in [1.29, 1.82) is 0 Å². The number of aryl methyl sites for hydroxylation is 1. The number of hydrogen-bond donors (Lipinski definition) is 0. The fraction of sp³-hybridized carbons (Fsp3) is 0.304. The fourth-order valence-corrected chi connectivity index (χ4v) is 5.15. The molecule has 0 atom stereocenters. The summed E-state index contributed by atoms with van der Waals surface area (Å²) in [5.74, 6) is 0.778. The zero-order chi connectivity index (χ0) is 21.6. The minimum absolute atomic E-state index is 0.0312. The summed E-state index contributed by atoms with van der Waals surface area (Å²) < 4.78 is 6.76. The molecule has 0 saturated carbocycles. The van der Waals surface area contributed by atoms with Crippen LogP contribution in [0, 0.1) is 6.92 Å². The number of amides is 1. The van der Waals surface area contributed by atoms with Crippen LogP contribution in [-0.4, -0.2) is 46.9 Å². The number of carbonyl (C=O) groups excluding carboxylic acids is 1. The van der Waals surface area contributed by atoms with Crippen LogP contribution in [0.1, 0.15) is 21.1 Å². The highest BCUT2D eigenvalue weighted by Gasteiger charge is 2.20. The van der Waals surface area contributed by atoms with Crippen molar-refractivity contribution in [1.82, 2.24) is 14.8 Å². The fourth-order valence-electron chi connectivity index (χ4n) is 3.43. The number of piperazine rings is 1. The summed E-state index contributed by atoms with van der Waals surface area (Å²) in [6.07, 6.45) is 3.48. The number of rotatable bonds is 7. The van der Waals surface area contributed by atoms with Gasteiger partial charge in [-0.3, -0.25) is 9.69 Å². The van der Waals surface area contributed by atoms with Crippen molar-refractivity contribution in [3.05, 3.63) is 73.3 Å². The SMILES string of the molecule is Cc1nc(COc2ccccc2/C=C/C(=O)N2CCN(Cc3ccc(Cl)s3)CC2)cs1. The molecule has 5 nitrogen and oxygen atoms in total. The summed E-state index contributed by atoms with van der Waals surface area (Å²) >= 11 is 9.25. The average molecular weight is 474 g/mol. The molecule has 3 aromatic rings. The third kappa shape index (κ3) is 6.17. The lowest BCUT2D eigenvalue weighted by Crippen LogP contribution is -2.47. The van der Waals surface area contributed by atoms with Crippen LogP contribution >= 0.6 is 34.3 Å². The third-order valence-corrected chi connectivity index (χ3v) is 7.10. The van der Waals surface area contributed by atoms with Crippen LogP contribution in [0.4, 0.5) is 0 Å². The van der Waals surface area contributed by atoms with E-state index in [-0.39, 0.29) is 5.91 Å². The average Bonchev–Trinajstić information content (AvgIpc) is 3.39. The standard InChI is InChI=1S/C23H24ClN3O2S2/c1-17-25-19(16-30-17)15-29-21-5-3-2-4-18(21)6-9-23(28)27-12-10-26(11-13-27)14-20-7-8-22(24)31-20/h2-9,16H,10-15H2,1H3/b9-6+. The Morgan fingerprint density at radius 3 is 2.71 bits per heavy atom. The molecule has 1 amide bonds. The molecule has 0 spiro atoms. The number of nitrogens with zero attached hydrogens (tertiary/aromatic N) is 3. The van der Waals surface area contributed by atoms with E-state index in [4.69, 9.17) is 16.3 Å². The topological polar surface area (TPSA) is 45.7 Å². The summed E-state index contributed by atoms with van der Waals surface area (Å²) in [6.45, 7) is 6.46. The number of thiazole rings is 1. The van der Waals surface area contributed by atoms with Gasteiger partial charge in [-0.25, -0.2) is 4.98 Å². The van der Waals surface area contributed by atoms with Gasteiger partial charge < -0.3 is 9.64 Å². The van der Waals surface area contributed by atoms with Crippen LogP contribution < -0.4 is 4.74 Å². The van der Waals surface area contributed by atoms with Gasteiger partial charge in [-0.05, 0) is 31.2 Å². The first kappa shape index (κ1) is 22.0. The molecule has 0 unspecified atom stereocenters. The second-order valence-corrected chi connectivity index (χ2v) is 10.2. The lowest BCUT2D eigenvalue weighted by atomic mass is 10.2. The van der Waals surface area contributed by atoms with Crippen LogP contribution in [0.25, 0.3) is 6.08 Å². The third-order valence-electron chi connectivity index (χ3n) is 5.06. The van der Waals surface area contributed by atoms with E-state index in [2.05, 4.69) is 16.0 Å². The molecule has 3 heterocycles. The van der Waals surface area contributed by atoms with Gasteiger partial charge >= 0.3 is 0 Å². The molecular formula is C23H24ClN3O2S2. The molecule has 0 bridgehead atoms. The normalized spacial score (nSPS) is 15.0. The van der Waals surface area contributed by atoms with E-state index >= 15 is 0 Å². The minimum Gasteiger partial charge on any atom is -0.487 e. The van der Waals surface area contributed by atoms with Crippen LogP contribution in [0.3, 0.4) is 0 Å². The Balaban J connectivity index is 1.30. The van der Waals surface area contributed by atoms with E-state index in [1.54, 1.807) is 28.7 Å². The van der Waals surface area contributed by atoms with Gasteiger partial charge in [0.1, 0.15) is 12.4 Å². The zero-order valence-electron chi connectivity index (χ0n) is 17.3. The molecule has 0 N–H and O–H groups in total. The number of aromatic nitrogens is 1. The molecular weight excluding hydrogens is 450 g/mol. The lowest BCUT2D eigenvalue weighted by molar-refractivity contribution is -0.127. The Morgan fingerprint density at radius 2 is 2.00 bits per heavy atom. The Labute approximate surface area is 195 Å². The molecule has 1 aliphatic rings. The maximum Gasteiger partial charge on any atom is 0.246 e. The van der Waals surface area contributed by atoms with Gasteiger partial charge in [-0.1, -0.05) is 29.8 Å². The van der Waals surface area contributed by atoms with E-state index < -0.39 is 0 Å². The number of para-hydroxylation sites is 1. The highest BCUT2D eigenvalue weighted by Crippen LogP contribution is 2.24. The van der Waals surface area contributed by atoms with Gasteiger partial charge in [-0.15, -0.1) is 22.7 Å². The van der Waals surface area contributed by atoms with Crippen molar-refractivity contribution in [3.63, 3.8) is 0 Å². The Bertz CT molecular complexity index is 1050. The number of carbonyl (C=O) groups is 1. The number of benzene rings is 1. The summed E-state index contributed by atoms with van der Waals surface area (Å²) in [5, 5.41) is 3.03. The van der Waals surface area contributed by atoms with Gasteiger partial charge in [0.2, 0.25) is 5.91 Å². The van der Waals surface area contributed by atoms with Crippen LogP contribution in [0.5, 0.6) is 5.75 Å². The minimum atomic E-state index is 0.0312. The largest absolute Gasteiger partial charge is 0.487 e. The van der Waals surface area contributed by atoms with Crippen molar-refractivity contribution in [2.24, 2.45) is 0 Å². The Morgan fingerprint density at radius 1 is 1.19 bits per heavy atom. The lowest BCUT2D eigenvalue weighted by Gasteiger charge is -2.34. The first-order chi connectivity index (χ1) is 15.1. The molecule has 2 aromatic heterocycles. The van der Waals surface area contributed by atoms with E-state index in [0.717, 1.165) is 59.1 Å². The summed E-state index contributed by atoms with van der Waals surface area (Å²) in [4.78, 5) is 22.6. The monoisotopic (exact) mass is 473 g/mol. The molecule has 0 radical (unpaired) electrons. The maximum absolute atomic E-state index is 12.7. The number of ether oxygens (including phenoxy) is 1. The second kappa shape index (κ2) is 10.4. The Kier molecular flexibility index (Phi) is 7.40. The molecule has 4 rings (SSSR count). The summed E-state index contributed by atoms with van der Waals surface area (Å²) in [6, 6.07) is 11.8. The van der Waals surface area contributed by atoms with Crippen molar-refractivity contribution < 1.29 is 9.53 Å². The first-order valence-corrected chi connectivity index (χ1v) is 12.2. The number of thiophene rings is 1. The predicted molar refractivity (Wildman–Crippen MR) is 128 cm³/mol. The second-order valence-electron chi connectivity index (χ2n) is 7.32. The quantitative estimate of drug-likeness (QED) is 0.448. The van der Waals surface area contributed by atoms with Crippen molar-refractivity contribution >= 4 is 46.3 Å². The smallest absolute Gasteiger partial charge is 0.246 e. The van der Waals surface area contributed by atoms with Crippen LogP contribution in [0.15, 0.2) is 47.9 Å². The van der Waals surface area contributed by atoms with Crippen LogP contribution in [-0.2, 0) is 17.9 Å². The maximum atomic E-state index is 12.7. The van der Waals surface area contributed by atoms with E-state index in [0.29, 0.717) is 6.61 Å².